The van der Waals surface area contributed by atoms with Crippen LogP contribution in [-0.4, -0.2) is 42.8 Å². The Kier molecular flexibility index (Phi) is 5.70. The Labute approximate surface area is 124 Å². The van der Waals surface area contributed by atoms with Crippen molar-refractivity contribution >= 4 is 25.5 Å². The molecule has 0 amide bonds. The first-order valence-electron chi connectivity index (χ1n) is 5.94. The summed E-state index contributed by atoms with van der Waals surface area (Å²) in [6.45, 7) is 1.80. The van der Waals surface area contributed by atoms with Crippen molar-refractivity contribution in [3.8, 4) is 0 Å². The number of nitrogen functional groups attached to an aromatic ring is 1. The molecule has 21 heavy (non-hydrogen) atoms. The molecular weight excluding hydrogens is 318 g/mol. The van der Waals surface area contributed by atoms with Crippen molar-refractivity contribution in [2.24, 2.45) is 5.84 Å². The number of benzene rings is 1. The van der Waals surface area contributed by atoms with Crippen LogP contribution in [0.3, 0.4) is 0 Å². The quantitative estimate of drug-likeness (QED) is 0.460. The van der Waals surface area contributed by atoms with E-state index in [2.05, 4.69) is 10.1 Å². The van der Waals surface area contributed by atoms with Gasteiger partial charge >= 0.3 is 0 Å². The third-order valence-corrected chi connectivity index (χ3v) is 5.34. The summed E-state index contributed by atoms with van der Waals surface area (Å²) < 4.78 is 55.0. The van der Waals surface area contributed by atoms with Crippen molar-refractivity contribution < 1.29 is 21.6 Å². The number of hydrazine groups is 1. The number of sulfone groups is 1. The van der Waals surface area contributed by atoms with Crippen LogP contribution in [0.25, 0.3) is 0 Å². The molecule has 10 heteroatoms. The first-order chi connectivity index (χ1) is 9.61. The highest BCUT2D eigenvalue weighted by Crippen LogP contribution is 2.24. The molecule has 0 spiro atoms. The van der Waals surface area contributed by atoms with Gasteiger partial charge in [-0.2, -0.15) is 0 Å². The first kappa shape index (κ1) is 17.9. The summed E-state index contributed by atoms with van der Waals surface area (Å²) in [5, 5.41) is 0. The van der Waals surface area contributed by atoms with Crippen LogP contribution in [0.15, 0.2) is 28.0 Å². The van der Waals surface area contributed by atoms with Gasteiger partial charge in [0.15, 0.2) is 9.84 Å². The number of rotatable bonds is 7. The number of nitrogens with two attached hydrogens (primary N) is 1. The van der Waals surface area contributed by atoms with E-state index in [9.17, 15) is 16.8 Å². The van der Waals surface area contributed by atoms with Crippen molar-refractivity contribution in [1.29, 1.82) is 0 Å². The topological polar surface area (TPSA) is 128 Å². The Morgan fingerprint density at radius 3 is 2.38 bits per heavy atom. The molecule has 0 saturated carbocycles. The molecule has 0 aliphatic carbocycles. The van der Waals surface area contributed by atoms with Crippen LogP contribution < -0.4 is 16.0 Å². The van der Waals surface area contributed by atoms with Gasteiger partial charge in [0, 0.05) is 19.4 Å². The van der Waals surface area contributed by atoms with E-state index >= 15 is 0 Å². The lowest BCUT2D eigenvalue weighted by Gasteiger charge is -2.16. The predicted molar refractivity (Wildman–Crippen MR) is 79.0 cm³/mol. The highest BCUT2D eigenvalue weighted by molar-refractivity contribution is 7.91. The summed E-state index contributed by atoms with van der Waals surface area (Å²) in [6, 6.07) is 3.16. The first-order valence-corrected chi connectivity index (χ1v) is 9.31. The monoisotopic (exact) mass is 337 g/mol. The van der Waals surface area contributed by atoms with Crippen molar-refractivity contribution in [2.45, 2.75) is 22.8 Å². The van der Waals surface area contributed by atoms with E-state index in [0.29, 0.717) is 0 Å². The van der Waals surface area contributed by atoms with Crippen molar-refractivity contribution in [2.75, 3.05) is 25.4 Å². The standard InChI is InChI=1S/C11H19N3O5S2/c1-8(7-19-2)14-21(17,18)11-6-9(20(3,15)16)4-5-10(11)13-12/h4-6,8,13-14H,7,12H2,1-3H3. The molecular formula is C11H19N3O5S2. The van der Waals surface area contributed by atoms with Gasteiger partial charge in [-0.05, 0) is 25.1 Å². The fourth-order valence-electron chi connectivity index (χ4n) is 1.69. The molecule has 0 heterocycles. The third-order valence-electron chi connectivity index (χ3n) is 2.60. The normalized spacial score (nSPS) is 13.9. The van der Waals surface area contributed by atoms with Gasteiger partial charge in [-0.25, -0.2) is 21.6 Å². The van der Waals surface area contributed by atoms with Crippen LogP contribution in [0.2, 0.25) is 0 Å². The number of anilines is 1. The zero-order valence-corrected chi connectivity index (χ0v) is 13.6. The number of hydrogen-bond acceptors (Lipinski definition) is 7. The molecule has 4 N–H and O–H groups in total. The smallest absolute Gasteiger partial charge is 0.243 e. The Hall–Kier alpha value is -1.20. The molecule has 8 nitrogen and oxygen atoms in total. The number of sulfonamides is 1. The molecule has 1 rings (SSSR count). The second-order valence-corrected chi connectivity index (χ2v) is 8.25. The lowest BCUT2D eigenvalue weighted by molar-refractivity contribution is 0.180. The van der Waals surface area contributed by atoms with E-state index in [1.54, 1.807) is 6.92 Å². The number of nitrogens with one attached hydrogen (secondary N) is 2. The molecule has 0 aliphatic heterocycles. The Morgan fingerprint density at radius 1 is 1.29 bits per heavy atom. The Bertz CT molecular complexity index is 701. The maximum absolute atomic E-state index is 12.3. The van der Waals surface area contributed by atoms with Gasteiger partial charge in [-0.3, -0.25) is 5.84 Å². The second-order valence-electron chi connectivity index (χ2n) is 4.55. The summed E-state index contributed by atoms with van der Waals surface area (Å²) >= 11 is 0. The van der Waals surface area contributed by atoms with Crippen LogP contribution >= 0.6 is 0 Å². The third kappa shape index (κ3) is 4.64. The molecule has 1 atom stereocenters. The average Bonchev–Trinajstić information content (AvgIpc) is 2.36. The van der Waals surface area contributed by atoms with E-state index in [1.165, 1.54) is 19.2 Å². The van der Waals surface area contributed by atoms with E-state index < -0.39 is 25.9 Å². The zero-order valence-electron chi connectivity index (χ0n) is 12.0. The van der Waals surface area contributed by atoms with Gasteiger partial charge in [0.1, 0.15) is 4.90 Å². The molecule has 1 unspecified atom stereocenters. The van der Waals surface area contributed by atoms with Gasteiger partial charge in [-0.1, -0.05) is 0 Å². The minimum atomic E-state index is -3.94. The Morgan fingerprint density at radius 2 is 1.90 bits per heavy atom. The molecule has 0 fully saturated rings. The fourth-order valence-corrected chi connectivity index (χ4v) is 3.83. The van der Waals surface area contributed by atoms with Crippen LogP contribution in [0.4, 0.5) is 5.69 Å². The predicted octanol–water partition coefficient (Wildman–Crippen LogP) is -0.311. The van der Waals surface area contributed by atoms with Gasteiger partial charge in [0.05, 0.1) is 17.2 Å². The molecule has 0 saturated heterocycles. The maximum Gasteiger partial charge on any atom is 0.243 e. The highest BCUT2D eigenvalue weighted by Gasteiger charge is 2.23. The fraction of sp³-hybridized carbons (Fsp3) is 0.455. The highest BCUT2D eigenvalue weighted by atomic mass is 32.2. The van der Waals surface area contributed by atoms with E-state index in [0.717, 1.165) is 12.3 Å². The van der Waals surface area contributed by atoms with Crippen molar-refractivity contribution in [1.82, 2.24) is 4.72 Å². The van der Waals surface area contributed by atoms with Crippen LogP contribution in [0.1, 0.15) is 6.92 Å². The summed E-state index contributed by atoms with van der Waals surface area (Å²) in [6.07, 6.45) is 0.995. The molecule has 0 aromatic heterocycles. The number of hydrogen-bond donors (Lipinski definition) is 3. The van der Waals surface area contributed by atoms with E-state index in [4.69, 9.17) is 10.6 Å². The summed E-state index contributed by atoms with van der Waals surface area (Å²) in [5.41, 5.74) is 2.34. The summed E-state index contributed by atoms with van der Waals surface area (Å²) in [4.78, 5) is -0.350. The molecule has 120 valence electrons. The van der Waals surface area contributed by atoms with Crippen LogP contribution in [0.5, 0.6) is 0 Å². The minimum absolute atomic E-state index is 0.0968. The van der Waals surface area contributed by atoms with Gasteiger partial charge in [0.25, 0.3) is 0 Å². The average molecular weight is 337 g/mol. The Balaban J connectivity index is 3.32. The van der Waals surface area contributed by atoms with Gasteiger partial charge in [-0.15, -0.1) is 0 Å². The van der Waals surface area contributed by atoms with Gasteiger partial charge in [0.2, 0.25) is 10.0 Å². The molecule has 1 aromatic rings. The zero-order chi connectivity index (χ0) is 16.3. The van der Waals surface area contributed by atoms with Crippen molar-refractivity contribution in [3.63, 3.8) is 0 Å². The second kappa shape index (κ2) is 6.71. The van der Waals surface area contributed by atoms with Crippen LogP contribution in [0, 0.1) is 0 Å². The molecule has 0 aliphatic rings. The minimum Gasteiger partial charge on any atom is -0.383 e. The van der Waals surface area contributed by atoms with Crippen molar-refractivity contribution in [3.05, 3.63) is 18.2 Å². The summed E-state index contributed by atoms with van der Waals surface area (Å²) in [5.74, 6) is 5.28. The lowest BCUT2D eigenvalue weighted by Crippen LogP contribution is -2.36. The van der Waals surface area contributed by atoms with E-state index in [1.807, 2.05) is 0 Å². The largest absolute Gasteiger partial charge is 0.383 e. The summed E-state index contributed by atoms with van der Waals surface area (Å²) in [7, 11) is -6.03. The number of methoxy groups -OCH3 is 1. The number of ether oxygens (including phenoxy) is 1. The lowest BCUT2D eigenvalue weighted by atomic mass is 10.3. The van der Waals surface area contributed by atoms with Gasteiger partial charge < -0.3 is 10.2 Å². The van der Waals surface area contributed by atoms with Crippen LogP contribution in [-0.2, 0) is 24.6 Å². The van der Waals surface area contributed by atoms with E-state index in [-0.39, 0.29) is 22.1 Å². The maximum atomic E-state index is 12.3. The SMILES string of the molecule is COCC(C)NS(=O)(=O)c1cc(S(C)(=O)=O)ccc1NN. The molecule has 1 aromatic carbocycles. The molecule has 0 bridgehead atoms. The molecule has 0 radical (unpaired) electrons.